The SMILES string of the molecule is COC(=O)CCCC(N)NC(N)=N[N+](=O)[O-]. The molecule has 0 heterocycles. The van der Waals surface area contributed by atoms with Crippen molar-refractivity contribution >= 4 is 11.9 Å². The van der Waals surface area contributed by atoms with Crippen LogP contribution in [-0.2, 0) is 9.53 Å². The maximum Gasteiger partial charge on any atom is 0.305 e. The van der Waals surface area contributed by atoms with Gasteiger partial charge in [0, 0.05) is 6.42 Å². The van der Waals surface area contributed by atoms with E-state index in [2.05, 4.69) is 15.2 Å². The normalized spacial score (nSPS) is 13.0. The number of carbonyl (C=O) groups is 1. The Kier molecular flexibility index (Phi) is 6.52. The highest BCUT2D eigenvalue weighted by molar-refractivity contribution is 5.77. The Hall–Kier alpha value is -1.90. The second kappa shape index (κ2) is 7.40. The van der Waals surface area contributed by atoms with Gasteiger partial charge in [-0.1, -0.05) is 0 Å². The van der Waals surface area contributed by atoms with Crippen LogP contribution in [0.15, 0.2) is 5.10 Å². The number of methoxy groups -OCH3 is 1. The molecule has 1 atom stereocenters. The summed E-state index contributed by atoms with van der Waals surface area (Å²) >= 11 is 0. The summed E-state index contributed by atoms with van der Waals surface area (Å²) in [6, 6.07) is 0. The first-order chi connectivity index (χ1) is 7.45. The molecule has 0 radical (unpaired) electrons. The number of guanidine groups is 1. The number of hydrogen-bond donors (Lipinski definition) is 3. The van der Waals surface area contributed by atoms with Gasteiger partial charge in [-0.15, -0.1) is 0 Å². The zero-order chi connectivity index (χ0) is 12.6. The number of nitrogens with two attached hydrogens (primary N) is 2. The van der Waals surface area contributed by atoms with Crippen LogP contribution in [0, 0.1) is 10.1 Å². The van der Waals surface area contributed by atoms with Crippen molar-refractivity contribution in [2.75, 3.05) is 7.11 Å². The number of carbonyl (C=O) groups excluding carboxylic acids is 1. The summed E-state index contributed by atoms with van der Waals surface area (Å²) in [5, 5.41) is 14.2. The van der Waals surface area contributed by atoms with E-state index in [-0.39, 0.29) is 18.3 Å². The van der Waals surface area contributed by atoms with Crippen LogP contribution in [0.3, 0.4) is 0 Å². The molecule has 0 amide bonds. The highest BCUT2D eigenvalue weighted by atomic mass is 16.7. The van der Waals surface area contributed by atoms with Crippen molar-refractivity contribution < 1.29 is 14.6 Å². The van der Waals surface area contributed by atoms with Crippen molar-refractivity contribution in [3.8, 4) is 0 Å². The lowest BCUT2D eigenvalue weighted by Crippen LogP contribution is -2.45. The predicted octanol–water partition coefficient (Wildman–Crippen LogP) is -1.29. The topological polar surface area (TPSA) is 146 Å². The van der Waals surface area contributed by atoms with Gasteiger partial charge in [0.05, 0.1) is 13.3 Å². The van der Waals surface area contributed by atoms with E-state index < -0.39 is 11.2 Å². The molecule has 92 valence electrons. The molecule has 9 nitrogen and oxygen atoms in total. The van der Waals surface area contributed by atoms with Crippen molar-refractivity contribution in [3.63, 3.8) is 0 Å². The van der Waals surface area contributed by atoms with Crippen LogP contribution in [0.5, 0.6) is 0 Å². The molecule has 0 aromatic carbocycles. The van der Waals surface area contributed by atoms with E-state index in [1.165, 1.54) is 7.11 Å². The van der Waals surface area contributed by atoms with Gasteiger partial charge < -0.3 is 21.5 Å². The third-order valence-corrected chi connectivity index (χ3v) is 1.65. The number of ether oxygens (including phenoxy) is 1. The average molecular weight is 233 g/mol. The van der Waals surface area contributed by atoms with Crippen LogP contribution in [0.2, 0.25) is 0 Å². The minimum absolute atomic E-state index is 0.234. The van der Waals surface area contributed by atoms with E-state index in [0.29, 0.717) is 12.8 Å². The van der Waals surface area contributed by atoms with Gasteiger partial charge in [0.15, 0.2) is 5.03 Å². The number of rotatable bonds is 6. The molecule has 0 saturated carbocycles. The number of hydrogen-bond acceptors (Lipinski definition) is 5. The van der Waals surface area contributed by atoms with Gasteiger partial charge in [0.1, 0.15) is 5.10 Å². The van der Waals surface area contributed by atoms with Gasteiger partial charge in [-0.25, -0.2) is 10.1 Å². The summed E-state index contributed by atoms with van der Waals surface area (Å²) in [6.07, 6.45) is 0.557. The fourth-order valence-electron chi connectivity index (χ4n) is 0.947. The third-order valence-electron chi connectivity index (χ3n) is 1.65. The molecule has 0 aliphatic heterocycles. The minimum Gasteiger partial charge on any atom is -0.469 e. The van der Waals surface area contributed by atoms with Crippen molar-refractivity contribution in [1.29, 1.82) is 0 Å². The molecular formula is C7H15N5O4. The summed E-state index contributed by atoms with van der Waals surface area (Å²) < 4.78 is 4.43. The molecule has 0 fully saturated rings. The van der Waals surface area contributed by atoms with Gasteiger partial charge in [-0.2, -0.15) is 0 Å². The lowest BCUT2D eigenvalue weighted by Gasteiger charge is -2.11. The average Bonchev–Trinajstić information content (AvgIpc) is 2.15. The van der Waals surface area contributed by atoms with Gasteiger partial charge in [-0.05, 0) is 12.8 Å². The standard InChI is InChI=1S/C7H15N5O4/c1-16-6(13)4-2-3-5(8)10-7(9)11-12(14)15/h5H,2-4,8H2,1H3,(H3,9,10,11). The zero-order valence-corrected chi connectivity index (χ0v) is 8.88. The van der Waals surface area contributed by atoms with Crippen LogP contribution in [-0.4, -0.2) is 30.2 Å². The van der Waals surface area contributed by atoms with Crippen LogP contribution < -0.4 is 16.8 Å². The number of nitrogens with zero attached hydrogens (tertiary/aromatic N) is 2. The van der Waals surface area contributed by atoms with E-state index in [9.17, 15) is 14.9 Å². The van der Waals surface area contributed by atoms with Gasteiger partial charge in [-0.3, -0.25) is 4.79 Å². The Morgan fingerprint density at radius 2 is 2.31 bits per heavy atom. The maximum absolute atomic E-state index is 10.7. The highest BCUT2D eigenvalue weighted by Crippen LogP contribution is 1.98. The fraction of sp³-hybridized carbons (Fsp3) is 0.714. The predicted molar refractivity (Wildman–Crippen MR) is 55.6 cm³/mol. The van der Waals surface area contributed by atoms with E-state index in [1.54, 1.807) is 0 Å². The first kappa shape index (κ1) is 14.1. The summed E-state index contributed by atoms with van der Waals surface area (Å²) in [4.78, 5) is 20.7. The first-order valence-corrected chi connectivity index (χ1v) is 4.53. The number of hydrazone groups is 1. The maximum atomic E-state index is 10.7. The first-order valence-electron chi connectivity index (χ1n) is 4.53. The zero-order valence-electron chi connectivity index (χ0n) is 8.88. The van der Waals surface area contributed by atoms with Crippen molar-refractivity contribution in [3.05, 3.63) is 10.1 Å². The van der Waals surface area contributed by atoms with Crippen molar-refractivity contribution in [2.24, 2.45) is 16.6 Å². The molecule has 0 aliphatic rings. The molecule has 0 saturated heterocycles. The Balaban J connectivity index is 3.78. The molecule has 1 unspecified atom stereocenters. The quantitative estimate of drug-likeness (QED) is 0.129. The minimum atomic E-state index is -0.927. The van der Waals surface area contributed by atoms with E-state index >= 15 is 0 Å². The van der Waals surface area contributed by atoms with Gasteiger partial charge in [0.2, 0.25) is 0 Å². The summed E-state index contributed by atoms with van der Waals surface area (Å²) in [5.74, 6) is -0.699. The molecule has 0 aromatic rings. The molecule has 0 aromatic heterocycles. The van der Waals surface area contributed by atoms with Crippen LogP contribution >= 0.6 is 0 Å². The molecule has 0 aliphatic carbocycles. The van der Waals surface area contributed by atoms with E-state index in [1.807, 2.05) is 0 Å². The van der Waals surface area contributed by atoms with Gasteiger partial charge >= 0.3 is 5.97 Å². The monoisotopic (exact) mass is 233 g/mol. The number of nitro groups is 1. The highest BCUT2D eigenvalue weighted by Gasteiger charge is 2.07. The Bertz CT molecular complexity index is 280. The Morgan fingerprint density at radius 3 is 2.81 bits per heavy atom. The number of nitrogens with one attached hydrogen (secondary N) is 1. The van der Waals surface area contributed by atoms with E-state index in [4.69, 9.17) is 11.5 Å². The summed E-state index contributed by atoms with van der Waals surface area (Å²) in [6.45, 7) is 0. The fourth-order valence-corrected chi connectivity index (χ4v) is 0.947. The summed E-state index contributed by atoms with van der Waals surface area (Å²) in [7, 11) is 1.29. The Morgan fingerprint density at radius 1 is 1.69 bits per heavy atom. The van der Waals surface area contributed by atoms with E-state index in [0.717, 1.165) is 0 Å². The van der Waals surface area contributed by atoms with Gasteiger partial charge in [0.25, 0.3) is 5.96 Å². The molecular weight excluding hydrogens is 218 g/mol. The molecule has 16 heavy (non-hydrogen) atoms. The Labute approximate surface area is 92.0 Å². The lowest BCUT2D eigenvalue weighted by atomic mass is 10.2. The van der Waals surface area contributed by atoms with Crippen molar-refractivity contribution in [2.45, 2.75) is 25.4 Å². The molecule has 9 heteroatoms. The lowest BCUT2D eigenvalue weighted by molar-refractivity contribution is -0.485. The summed E-state index contributed by atoms with van der Waals surface area (Å²) in [5.41, 5.74) is 10.7. The molecule has 0 rings (SSSR count). The largest absolute Gasteiger partial charge is 0.469 e. The third kappa shape index (κ3) is 7.50. The van der Waals surface area contributed by atoms with Crippen LogP contribution in [0.25, 0.3) is 0 Å². The molecule has 0 spiro atoms. The molecule has 5 N–H and O–H groups in total. The number of esters is 1. The molecule has 0 bridgehead atoms. The van der Waals surface area contributed by atoms with Crippen LogP contribution in [0.4, 0.5) is 0 Å². The van der Waals surface area contributed by atoms with Crippen LogP contribution in [0.1, 0.15) is 19.3 Å². The second-order valence-electron chi connectivity index (χ2n) is 2.94. The van der Waals surface area contributed by atoms with Crippen molar-refractivity contribution in [1.82, 2.24) is 5.32 Å². The second-order valence-corrected chi connectivity index (χ2v) is 2.94. The smallest absolute Gasteiger partial charge is 0.305 e.